The van der Waals surface area contributed by atoms with Gasteiger partial charge in [0.05, 0.1) is 95.5 Å². The van der Waals surface area contributed by atoms with Gasteiger partial charge in [-0.25, -0.2) is 9.97 Å². The molecule has 1 saturated heterocycles. The molecule has 8 bridgehead atoms. The highest BCUT2D eigenvalue weighted by Gasteiger charge is 2.20. The molecule has 0 saturated carbocycles. The Hall–Kier alpha value is -6.96. The van der Waals surface area contributed by atoms with Gasteiger partial charge in [-0.05, 0) is 104 Å². The van der Waals surface area contributed by atoms with Crippen LogP contribution >= 0.6 is 0 Å². The first kappa shape index (κ1) is 47.7. The van der Waals surface area contributed by atoms with Crippen LogP contribution in [-0.2, 0) is 28.4 Å². The number of aryl methyl sites for hydroxylation is 3. The second-order valence-corrected chi connectivity index (χ2v) is 18.0. The molecule has 1 fully saturated rings. The number of nitrogens with zero attached hydrogens (tertiary/aromatic N) is 2. The van der Waals surface area contributed by atoms with Crippen molar-refractivity contribution in [2.45, 2.75) is 26.9 Å². The van der Waals surface area contributed by atoms with E-state index in [9.17, 15) is 0 Å². The molecular formula is C60H60N4O7. The molecule has 3 aromatic heterocycles. The predicted octanol–water partition coefficient (Wildman–Crippen LogP) is 12.1. The molecule has 71 heavy (non-hydrogen) atoms. The summed E-state index contributed by atoms with van der Waals surface area (Å²) in [5, 5.41) is 0. The number of aromatic amines is 2. The normalized spacial score (nSPS) is 16.4. The zero-order chi connectivity index (χ0) is 48.4. The van der Waals surface area contributed by atoms with Gasteiger partial charge in [0.2, 0.25) is 0 Å². The summed E-state index contributed by atoms with van der Waals surface area (Å²) in [7, 11) is 0. The van der Waals surface area contributed by atoms with Gasteiger partial charge in [0.15, 0.2) is 0 Å². The maximum Gasteiger partial charge on any atom is 0.119 e. The molecule has 11 nitrogen and oxygen atoms in total. The average molecular weight is 949 g/mol. The van der Waals surface area contributed by atoms with E-state index in [1.165, 1.54) is 16.7 Å². The van der Waals surface area contributed by atoms with Gasteiger partial charge in [0, 0.05) is 44.3 Å². The number of H-pyrrole nitrogens is 2. The lowest BCUT2D eigenvalue weighted by atomic mass is 10.0. The van der Waals surface area contributed by atoms with Crippen molar-refractivity contribution in [1.29, 1.82) is 0 Å². The van der Waals surface area contributed by atoms with E-state index in [4.69, 9.17) is 43.1 Å². The number of hydrogen-bond donors (Lipinski definition) is 2. The highest BCUT2D eigenvalue weighted by Crippen LogP contribution is 2.39. The van der Waals surface area contributed by atoms with Crippen LogP contribution in [-0.4, -0.2) is 105 Å². The monoisotopic (exact) mass is 948 g/mol. The van der Waals surface area contributed by atoms with Gasteiger partial charge in [-0.15, -0.1) is 0 Å². The molecule has 6 heterocycles. The summed E-state index contributed by atoms with van der Waals surface area (Å²) in [5.74, 6) is 0.707. The summed E-state index contributed by atoms with van der Waals surface area (Å²) >= 11 is 0. The van der Waals surface area contributed by atoms with E-state index in [2.05, 4.69) is 164 Å². The van der Waals surface area contributed by atoms with Crippen LogP contribution in [0.3, 0.4) is 0 Å². The molecule has 0 aliphatic carbocycles. The second kappa shape index (κ2) is 22.9. The van der Waals surface area contributed by atoms with Crippen molar-refractivity contribution < 1.29 is 33.2 Å². The minimum atomic E-state index is -0.322. The molecule has 11 heteroatoms. The minimum absolute atomic E-state index is 0.291. The first-order valence-electron chi connectivity index (χ1n) is 24.5. The molecule has 0 radical (unpaired) electrons. The van der Waals surface area contributed by atoms with Crippen LogP contribution in [0.15, 0.2) is 121 Å². The maximum absolute atomic E-state index is 6.39. The maximum atomic E-state index is 6.39. The fourth-order valence-corrected chi connectivity index (χ4v) is 9.00. The molecule has 2 N–H and O–H groups in total. The number of benzene rings is 4. The predicted molar refractivity (Wildman–Crippen MR) is 284 cm³/mol. The third-order valence-electron chi connectivity index (χ3n) is 12.7. The molecule has 362 valence electrons. The first-order chi connectivity index (χ1) is 34.9. The van der Waals surface area contributed by atoms with Crippen molar-refractivity contribution >= 4 is 46.4 Å². The van der Waals surface area contributed by atoms with Crippen molar-refractivity contribution in [3.8, 4) is 50.3 Å². The summed E-state index contributed by atoms with van der Waals surface area (Å²) in [6.07, 6.45) is 8.20. The highest BCUT2D eigenvalue weighted by atomic mass is 16.6. The third-order valence-corrected chi connectivity index (χ3v) is 12.7. The molecule has 3 aliphatic rings. The van der Waals surface area contributed by atoms with Gasteiger partial charge < -0.3 is 43.1 Å². The molecule has 0 spiro atoms. The second-order valence-electron chi connectivity index (χ2n) is 18.0. The summed E-state index contributed by atoms with van der Waals surface area (Å²) in [6, 6.07) is 42.8. The summed E-state index contributed by atoms with van der Waals surface area (Å²) in [5.41, 5.74) is 18.9. The van der Waals surface area contributed by atoms with E-state index in [-0.39, 0.29) is 6.10 Å². The Morgan fingerprint density at radius 1 is 0.394 bits per heavy atom. The van der Waals surface area contributed by atoms with Crippen molar-refractivity contribution in [3.63, 3.8) is 0 Å². The van der Waals surface area contributed by atoms with Crippen molar-refractivity contribution in [3.05, 3.63) is 161 Å². The lowest BCUT2D eigenvalue weighted by molar-refractivity contribution is -0.0711. The van der Waals surface area contributed by atoms with Crippen LogP contribution in [0, 0.1) is 20.8 Å². The number of ether oxygens (including phenoxy) is 7. The molecule has 4 aromatic carbocycles. The smallest absolute Gasteiger partial charge is 0.119 e. The SMILES string of the molecule is Cc1ccc(-c2c3nc(c(-c4ccc(C)cc4)c4ccc([nH]4)c(-c4ccc(OCC5COCCOCCOCCOCCOCCO5)cc4)c4nc(c(-c5ccc(C)cc5)c5ccc2[nH]5)C=C4)C=C3)cc1. The number of aromatic nitrogens is 4. The van der Waals surface area contributed by atoms with Gasteiger partial charge in [-0.1, -0.05) is 102 Å². The van der Waals surface area contributed by atoms with Gasteiger partial charge in [-0.2, -0.15) is 0 Å². The zero-order valence-corrected chi connectivity index (χ0v) is 40.7. The van der Waals surface area contributed by atoms with E-state index < -0.39 is 0 Å². The molecular weight excluding hydrogens is 889 g/mol. The Labute approximate surface area is 415 Å². The van der Waals surface area contributed by atoms with Crippen LogP contribution in [0.1, 0.15) is 39.5 Å². The average Bonchev–Trinajstić information content (AvgIpc) is 4.24. The fourth-order valence-electron chi connectivity index (χ4n) is 9.00. The largest absolute Gasteiger partial charge is 0.491 e. The first-order valence-corrected chi connectivity index (χ1v) is 24.5. The molecule has 10 rings (SSSR count). The third kappa shape index (κ3) is 11.6. The van der Waals surface area contributed by atoms with Gasteiger partial charge in [0.1, 0.15) is 18.5 Å². The number of hydrogen-bond acceptors (Lipinski definition) is 9. The van der Waals surface area contributed by atoms with Gasteiger partial charge >= 0.3 is 0 Å². The minimum Gasteiger partial charge on any atom is -0.491 e. The van der Waals surface area contributed by atoms with E-state index >= 15 is 0 Å². The number of rotatable bonds is 7. The van der Waals surface area contributed by atoms with E-state index in [1.807, 2.05) is 12.1 Å². The molecule has 1 unspecified atom stereocenters. The van der Waals surface area contributed by atoms with E-state index in [1.54, 1.807) is 0 Å². The lowest BCUT2D eigenvalue weighted by Crippen LogP contribution is -2.29. The van der Waals surface area contributed by atoms with Crippen LogP contribution in [0.5, 0.6) is 5.75 Å². The van der Waals surface area contributed by atoms with Crippen LogP contribution in [0.25, 0.3) is 90.9 Å². The summed E-state index contributed by atoms with van der Waals surface area (Å²) in [4.78, 5) is 18.7. The Morgan fingerprint density at radius 3 is 1.06 bits per heavy atom. The fraction of sp³-hybridized carbons (Fsp3) is 0.267. The van der Waals surface area contributed by atoms with Crippen molar-refractivity contribution in [1.82, 2.24) is 19.9 Å². The Balaban J connectivity index is 1.07. The standard InChI is InChI=1S/C60H60N4O7/c1-40-4-10-43(11-5-40)57-49-20-22-51(61-49)58(44-12-6-41(2)7-13-44)53-24-26-55(63-53)60(56-27-25-54(64-56)59(52-23-21-50(57)62-52)45-14-8-42(3)9-15-45)46-16-18-47(19-17-46)71-39-48-38-69-35-34-67-31-30-65-28-29-66-32-33-68-36-37-70-48/h4-27,48,61,64H,28-39H2,1-3H3. The topological polar surface area (TPSA) is 122 Å². The van der Waals surface area contributed by atoms with Gasteiger partial charge in [-0.3, -0.25) is 0 Å². The van der Waals surface area contributed by atoms with Crippen molar-refractivity contribution in [2.24, 2.45) is 0 Å². The Morgan fingerprint density at radius 2 is 0.704 bits per heavy atom. The van der Waals surface area contributed by atoms with E-state index in [0.29, 0.717) is 85.0 Å². The Kier molecular flexibility index (Phi) is 15.4. The molecule has 3 aliphatic heterocycles. The Bertz CT molecular complexity index is 3090. The van der Waals surface area contributed by atoms with Crippen LogP contribution < -0.4 is 4.74 Å². The van der Waals surface area contributed by atoms with E-state index in [0.717, 1.165) is 89.4 Å². The lowest BCUT2D eigenvalue weighted by Gasteiger charge is -2.19. The highest BCUT2D eigenvalue weighted by molar-refractivity contribution is 5.99. The van der Waals surface area contributed by atoms with Crippen LogP contribution in [0.2, 0.25) is 0 Å². The molecule has 7 aromatic rings. The molecule has 1 atom stereocenters. The molecule has 0 amide bonds. The summed E-state index contributed by atoms with van der Waals surface area (Å²) in [6.45, 7) is 11.7. The summed E-state index contributed by atoms with van der Waals surface area (Å²) < 4.78 is 41.1. The van der Waals surface area contributed by atoms with Crippen molar-refractivity contribution in [2.75, 3.05) is 79.3 Å². The number of nitrogens with one attached hydrogen (secondary N) is 2. The number of fused-ring (bicyclic) bond motifs is 8. The van der Waals surface area contributed by atoms with Crippen LogP contribution in [0.4, 0.5) is 0 Å². The van der Waals surface area contributed by atoms with Gasteiger partial charge in [0.25, 0.3) is 0 Å². The quantitative estimate of drug-likeness (QED) is 0.161. The zero-order valence-electron chi connectivity index (χ0n) is 40.7.